The highest BCUT2D eigenvalue weighted by atomic mass is 16.5. The molecule has 0 atom stereocenters. The lowest BCUT2D eigenvalue weighted by molar-refractivity contribution is 0.414. The van der Waals surface area contributed by atoms with Crippen LogP contribution in [0.4, 0.5) is 5.88 Å². The van der Waals surface area contributed by atoms with Crippen molar-refractivity contribution in [1.82, 2.24) is 5.16 Å². The number of aromatic nitrogens is 1. The van der Waals surface area contributed by atoms with Crippen molar-refractivity contribution in [3.05, 3.63) is 29.0 Å². The summed E-state index contributed by atoms with van der Waals surface area (Å²) < 4.78 is 10.5. The number of anilines is 1. The van der Waals surface area contributed by atoms with Crippen molar-refractivity contribution in [1.29, 1.82) is 0 Å². The van der Waals surface area contributed by atoms with Crippen LogP contribution >= 0.6 is 0 Å². The van der Waals surface area contributed by atoms with Gasteiger partial charge in [0.05, 0.1) is 18.9 Å². The van der Waals surface area contributed by atoms with Crippen molar-refractivity contribution in [2.75, 3.05) is 12.8 Å². The number of nitrogens with zero attached hydrogens (tertiary/aromatic N) is 1. The Morgan fingerprint density at radius 1 is 1.32 bits per heavy atom. The third kappa shape index (κ3) is 1.87. The fraction of sp³-hybridized carbons (Fsp3) is 0.400. The molecule has 1 aromatic heterocycles. The third-order valence-electron chi connectivity index (χ3n) is 3.98. The zero-order valence-electron chi connectivity index (χ0n) is 11.3. The maximum absolute atomic E-state index is 5.86. The van der Waals surface area contributed by atoms with Gasteiger partial charge in [-0.15, -0.1) is 0 Å². The first kappa shape index (κ1) is 12.1. The molecule has 1 aliphatic carbocycles. The molecular weight excluding hydrogens is 240 g/mol. The molecule has 1 aliphatic rings. The summed E-state index contributed by atoms with van der Waals surface area (Å²) in [6, 6.07) is 2.14. The number of hydrogen-bond donors (Lipinski definition) is 1. The van der Waals surface area contributed by atoms with Gasteiger partial charge in [0.2, 0.25) is 5.88 Å². The van der Waals surface area contributed by atoms with Gasteiger partial charge < -0.3 is 15.0 Å². The highest BCUT2D eigenvalue weighted by Crippen LogP contribution is 2.41. The van der Waals surface area contributed by atoms with Crippen LogP contribution in [0, 0.1) is 6.92 Å². The standard InChI is InChI=1S/C15H18N2O2/c1-9-11-6-4-3-5-10(11)7-13(18-2)14(9)12-8-17-19-15(12)16/h7-8H,3-6,16H2,1-2H3. The number of methoxy groups -OCH3 is 1. The average Bonchev–Trinajstić information content (AvgIpc) is 2.84. The highest BCUT2D eigenvalue weighted by Gasteiger charge is 2.21. The molecule has 1 aromatic carbocycles. The minimum absolute atomic E-state index is 0.345. The van der Waals surface area contributed by atoms with Crippen LogP contribution in [0.3, 0.4) is 0 Å². The maximum Gasteiger partial charge on any atom is 0.230 e. The summed E-state index contributed by atoms with van der Waals surface area (Å²) in [6.45, 7) is 2.13. The molecule has 0 aliphatic heterocycles. The molecule has 0 fully saturated rings. The fourth-order valence-corrected chi connectivity index (χ4v) is 3.01. The number of ether oxygens (including phenoxy) is 1. The summed E-state index contributed by atoms with van der Waals surface area (Å²) in [6.07, 6.45) is 6.42. The zero-order chi connectivity index (χ0) is 13.4. The summed E-state index contributed by atoms with van der Waals surface area (Å²) in [5.41, 5.74) is 11.8. The SMILES string of the molecule is COc1cc2c(c(C)c1-c1cnoc1N)CCCC2. The molecule has 0 bridgehead atoms. The van der Waals surface area contributed by atoms with E-state index in [0.717, 1.165) is 29.7 Å². The predicted octanol–water partition coefficient (Wildman–Crippen LogP) is 3.12. The third-order valence-corrected chi connectivity index (χ3v) is 3.98. The van der Waals surface area contributed by atoms with E-state index in [0.29, 0.717) is 5.88 Å². The Balaban J connectivity index is 2.26. The van der Waals surface area contributed by atoms with Crippen molar-refractivity contribution < 1.29 is 9.26 Å². The van der Waals surface area contributed by atoms with Gasteiger partial charge in [-0.25, -0.2) is 0 Å². The van der Waals surface area contributed by atoms with Gasteiger partial charge in [-0.2, -0.15) is 0 Å². The molecule has 4 nitrogen and oxygen atoms in total. The summed E-state index contributed by atoms with van der Waals surface area (Å²) in [4.78, 5) is 0. The molecule has 0 saturated heterocycles. The van der Waals surface area contributed by atoms with E-state index in [1.165, 1.54) is 29.5 Å². The number of rotatable bonds is 2. The smallest absolute Gasteiger partial charge is 0.230 e. The van der Waals surface area contributed by atoms with Gasteiger partial charge >= 0.3 is 0 Å². The Hall–Kier alpha value is -1.97. The first-order chi connectivity index (χ1) is 9.22. The molecule has 0 saturated carbocycles. The largest absolute Gasteiger partial charge is 0.496 e. The second-order valence-electron chi connectivity index (χ2n) is 5.03. The van der Waals surface area contributed by atoms with Crippen LogP contribution in [0.2, 0.25) is 0 Å². The first-order valence-corrected chi connectivity index (χ1v) is 6.62. The molecule has 0 amide bonds. The summed E-state index contributed by atoms with van der Waals surface area (Å²) in [5.74, 6) is 1.20. The summed E-state index contributed by atoms with van der Waals surface area (Å²) in [7, 11) is 1.69. The molecule has 3 rings (SSSR count). The minimum Gasteiger partial charge on any atom is -0.496 e. The van der Waals surface area contributed by atoms with Gasteiger partial charge in [0, 0.05) is 5.56 Å². The van der Waals surface area contributed by atoms with E-state index >= 15 is 0 Å². The minimum atomic E-state index is 0.345. The van der Waals surface area contributed by atoms with Crippen molar-refractivity contribution >= 4 is 5.88 Å². The van der Waals surface area contributed by atoms with Crippen molar-refractivity contribution in [2.24, 2.45) is 0 Å². The quantitative estimate of drug-likeness (QED) is 0.899. The lowest BCUT2D eigenvalue weighted by atomic mass is 9.84. The predicted molar refractivity (Wildman–Crippen MR) is 74.3 cm³/mol. The van der Waals surface area contributed by atoms with E-state index < -0.39 is 0 Å². The second kappa shape index (κ2) is 4.61. The summed E-state index contributed by atoms with van der Waals surface area (Å²) in [5, 5.41) is 3.77. The number of nitrogens with two attached hydrogens (primary N) is 1. The zero-order valence-corrected chi connectivity index (χ0v) is 11.3. The van der Waals surface area contributed by atoms with Crippen LogP contribution in [-0.4, -0.2) is 12.3 Å². The monoisotopic (exact) mass is 258 g/mol. The van der Waals surface area contributed by atoms with Gasteiger partial charge in [-0.3, -0.25) is 0 Å². The van der Waals surface area contributed by atoms with Crippen molar-refractivity contribution in [3.8, 4) is 16.9 Å². The van der Waals surface area contributed by atoms with Crippen LogP contribution in [0.25, 0.3) is 11.1 Å². The van der Waals surface area contributed by atoms with Gasteiger partial charge in [-0.1, -0.05) is 5.16 Å². The second-order valence-corrected chi connectivity index (χ2v) is 5.03. The normalized spacial score (nSPS) is 14.2. The molecule has 0 unspecified atom stereocenters. The maximum atomic E-state index is 5.86. The van der Waals surface area contributed by atoms with E-state index in [-0.39, 0.29) is 0 Å². The lowest BCUT2D eigenvalue weighted by Gasteiger charge is -2.22. The molecule has 19 heavy (non-hydrogen) atoms. The molecule has 1 heterocycles. The Bertz CT molecular complexity index is 617. The number of benzene rings is 1. The van der Waals surface area contributed by atoms with Crippen LogP contribution in [0.15, 0.2) is 16.8 Å². The molecular formula is C15H18N2O2. The van der Waals surface area contributed by atoms with E-state index in [4.69, 9.17) is 15.0 Å². The molecule has 0 radical (unpaired) electrons. The molecule has 0 spiro atoms. The lowest BCUT2D eigenvalue weighted by Crippen LogP contribution is -2.07. The topological polar surface area (TPSA) is 61.3 Å². The Morgan fingerprint density at radius 2 is 2.11 bits per heavy atom. The first-order valence-electron chi connectivity index (χ1n) is 6.62. The molecule has 100 valence electrons. The Kier molecular flexibility index (Phi) is 2.93. The average molecular weight is 258 g/mol. The number of hydrogen-bond acceptors (Lipinski definition) is 4. The van der Waals surface area contributed by atoms with Crippen LogP contribution in [-0.2, 0) is 12.8 Å². The number of fused-ring (bicyclic) bond motifs is 1. The van der Waals surface area contributed by atoms with Crippen LogP contribution in [0.1, 0.15) is 29.5 Å². The van der Waals surface area contributed by atoms with Crippen molar-refractivity contribution in [3.63, 3.8) is 0 Å². The molecule has 2 N–H and O–H groups in total. The number of nitrogen functional groups attached to an aromatic ring is 1. The highest BCUT2D eigenvalue weighted by molar-refractivity contribution is 5.81. The van der Waals surface area contributed by atoms with Crippen LogP contribution < -0.4 is 10.5 Å². The number of aryl methyl sites for hydroxylation is 1. The van der Waals surface area contributed by atoms with Crippen LogP contribution in [0.5, 0.6) is 5.75 Å². The van der Waals surface area contributed by atoms with Gasteiger partial charge in [0.25, 0.3) is 0 Å². The summed E-state index contributed by atoms with van der Waals surface area (Å²) >= 11 is 0. The Labute approximate surface area is 112 Å². The van der Waals surface area contributed by atoms with E-state index in [1.807, 2.05) is 0 Å². The van der Waals surface area contributed by atoms with E-state index in [9.17, 15) is 0 Å². The van der Waals surface area contributed by atoms with Gasteiger partial charge in [-0.05, 0) is 55.4 Å². The van der Waals surface area contributed by atoms with E-state index in [2.05, 4.69) is 18.1 Å². The molecule has 2 aromatic rings. The van der Waals surface area contributed by atoms with Gasteiger partial charge in [0.1, 0.15) is 5.75 Å². The Morgan fingerprint density at radius 3 is 2.79 bits per heavy atom. The van der Waals surface area contributed by atoms with Gasteiger partial charge in [0.15, 0.2) is 0 Å². The molecule has 4 heteroatoms. The van der Waals surface area contributed by atoms with Crippen molar-refractivity contribution in [2.45, 2.75) is 32.6 Å². The van der Waals surface area contributed by atoms with E-state index in [1.54, 1.807) is 13.3 Å². The fourth-order valence-electron chi connectivity index (χ4n) is 3.01.